The van der Waals surface area contributed by atoms with Crippen LogP contribution in [-0.4, -0.2) is 57.8 Å². The molecule has 2 N–H and O–H groups in total. The highest BCUT2D eigenvalue weighted by molar-refractivity contribution is 6.76. The van der Waals surface area contributed by atoms with Gasteiger partial charge in [0.2, 0.25) is 0 Å². The average molecular weight is 418 g/mol. The normalized spacial score (nSPS) is 13.8. The monoisotopic (exact) mass is 417 g/mol. The van der Waals surface area contributed by atoms with E-state index >= 15 is 0 Å². The SMILES string of the molecule is C[Si](C)(C)CCOCn1cnc(NC(=O)c2cnc3c(c2)CCN(C(=O)O)C3)c1. The number of carbonyl (C=O) groups excluding carboxylic acids is 1. The molecule has 0 spiro atoms. The van der Waals surface area contributed by atoms with Crippen LogP contribution in [0.2, 0.25) is 25.7 Å². The standard InChI is InChI=1S/C19H27N5O4Si/c1-29(2,3)7-6-28-13-23-11-17(21-12-23)22-18(25)15-8-14-4-5-24(19(26)27)10-16(14)20-9-15/h8-9,11-12H,4-7,10,13H2,1-3H3,(H,22,25)(H,26,27). The summed E-state index contributed by atoms with van der Waals surface area (Å²) >= 11 is 0. The Morgan fingerprint density at radius 3 is 2.83 bits per heavy atom. The summed E-state index contributed by atoms with van der Waals surface area (Å²) in [6, 6.07) is 2.87. The van der Waals surface area contributed by atoms with Crippen molar-refractivity contribution >= 4 is 25.9 Å². The van der Waals surface area contributed by atoms with Gasteiger partial charge in [0.05, 0.1) is 30.3 Å². The number of carboxylic acid groups (broad SMARTS) is 1. The minimum Gasteiger partial charge on any atom is -0.465 e. The highest BCUT2D eigenvalue weighted by Gasteiger charge is 2.22. The smallest absolute Gasteiger partial charge is 0.407 e. The van der Waals surface area contributed by atoms with Crippen LogP contribution in [0.15, 0.2) is 24.8 Å². The largest absolute Gasteiger partial charge is 0.465 e. The zero-order valence-corrected chi connectivity index (χ0v) is 18.0. The van der Waals surface area contributed by atoms with Crippen LogP contribution in [0.5, 0.6) is 0 Å². The molecule has 1 aliphatic heterocycles. The van der Waals surface area contributed by atoms with Crippen LogP contribution >= 0.6 is 0 Å². The van der Waals surface area contributed by atoms with Crippen LogP contribution in [0, 0.1) is 0 Å². The van der Waals surface area contributed by atoms with E-state index in [2.05, 4.69) is 34.9 Å². The molecule has 0 unspecified atom stereocenters. The van der Waals surface area contributed by atoms with Crippen molar-refractivity contribution in [1.82, 2.24) is 19.4 Å². The van der Waals surface area contributed by atoms with Gasteiger partial charge in [0.1, 0.15) is 6.73 Å². The quantitative estimate of drug-likeness (QED) is 0.529. The predicted octanol–water partition coefficient (Wildman–Crippen LogP) is 2.88. The van der Waals surface area contributed by atoms with Gasteiger partial charge in [-0.25, -0.2) is 9.78 Å². The van der Waals surface area contributed by atoms with Crippen molar-refractivity contribution in [3.8, 4) is 0 Å². The number of imidazole rings is 1. The lowest BCUT2D eigenvalue weighted by Crippen LogP contribution is -2.35. The van der Waals surface area contributed by atoms with Gasteiger partial charge in [0.15, 0.2) is 5.82 Å². The minimum absolute atomic E-state index is 0.245. The molecule has 9 nitrogen and oxygen atoms in total. The number of pyridine rings is 1. The molecule has 0 saturated carbocycles. The van der Waals surface area contributed by atoms with E-state index in [1.165, 1.54) is 11.1 Å². The van der Waals surface area contributed by atoms with Crippen LogP contribution in [0.4, 0.5) is 10.6 Å². The number of fused-ring (bicyclic) bond motifs is 1. The third-order valence-electron chi connectivity index (χ3n) is 4.70. The molecule has 0 saturated heterocycles. The van der Waals surface area contributed by atoms with E-state index in [0.29, 0.717) is 36.8 Å². The third kappa shape index (κ3) is 5.88. The molecule has 1 aliphatic rings. The molecule has 156 valence electrons. The van der Waals surface area contributed by atoms with Crippen LogP contribution in [0.3, 0.4) is 0 Å². The van der Waals surface area contributed by atoms with E-state index in [4.69, 9.17) is 9.84 Å². The summed E-state index contributed by atoms with van der Waals surface area (Å²) in [5.41, 5.74) is 2.01. The maximum absolute atomic E-state index is 12.5. The lowest BCUT2D eigenvalue weighted by molar-refractivity contribution is 0.0871. The van der Waals surface area contributed by atoms with Crippen LogP contribution < -0.4 is 5.32 Å². The second-order valence-corrected chi connectivity index (χ2v) is 14.0. The maximum atomic E-state index is 12.5. The molecule has 3 heterocycles. The van der Waals surface area contributed by atoms with Gasteiger partial charge in [-0.05, 0) is 24.1 Å². The zero-order chi connectivity index (χ0) is 21.0. The lowest BCUT2D eigenvalue weighted by Gasteiger charge is -2.25. The lowest BCUT2D eigenvalue weighted by atomic mass is 10.0. The fraction of sp³-hybridized carbons (Fsp3) is 0.474. The summed E-state index contributed by atoms with van der Waals surface area (Å²) in [6.07, 6.45) is 4.40. The molecular formula is C19H27N5O4Si. The van der Waals surface area contributed by atoms with Gasteiger partial charge < -0.3 is 24.6 Å². The van der Waals surface area contributed by atoms with Crippen molar-refractivity contribution in [2.45, 2.75) is 45.4 Å². The molecular weight excluding hydrogens is 390 g/mol. The highest BCUT2D eigenvalue weighted by atomic mass is 28.3. The minimum atomic E-state index is -1.11. The van der Waals surface area contributed by atoms with Gasteiger partial charge >= 0.3 is 6.09 Å². The molecule has 0 aliphatic carbocycles. The van der Waals surface area contributed by atoms with Crippen LogP contribution in [0.1, 0.15) is 21.6 Å². The van der Waals surface area contributed by atoms with Crippen molar-refractivity contribution in [3.63, 3.8) is 0 Å². The molecule has 0 aromatic carbocycles. The number of aromatic nitrogens is 3. The Labute approximate surface area is 170 Å². The molecule has 0 radical (unpaired) electrons. The number of anilines is 1. The van der Waals surface area contributed by atoms with Crippen molar-refractivity contribution in [1.29, 1.82) is 0 Å². The third-order valence-corrected chi connectivity index (χ3v) is 6.40. The van der Waals surface area contributed by atoms with Gasteiger partial charge in [-0.3, -0.25) is 9.78 Å². The molecule has 3 rings (SSSR count). The van der Waals surface area contributed by atoms with Gasteiger partial charge in [-0.1, -0.05) is 19.6 Å². The summed E-state index contributed by atoms with van der Waals surface area (Å²) in [4.78, 5) is 33.4. The molecule has 29 heavy (non-hydrogen) atoms. The summed E-state index contributed by atoms with van der Waals surface area (Å²) in [7, 11) is -1.11. The Balaban J connectivity index is 1.55. The van der Waals surface area contributed by atoms with Crippen LogP contribution in [-0.2, 0) is 24.4 Å². The van der Waals surface area contributed by atoms with Gasteiger partial charge in [-0.15, -0.1) is 0 Å². The van der Waals surface area contributed by atoms with Crippen molar-refractivity contribution in [3.05, 3.63) is 41.6 Å². The number of nitrogens with zero attached hydrogens (tertiary/aromatic N) is 4. The molecule has 10 heteroatoms. The number of ether oxygens (including phenoxy) is 1. The molecule has 0 bridgehead atoms. The van der Waals surface area contributed by atoms with Gasteiger partial charge in [0, 0.05) is 27.4 Å². The van der Waals surface area contributed by atoms with Gasteiger partial charge in [-0.2, -0.15) is 0 Å². The second kappa shape index (κ2) is 8.74. The topological polar surface area (TPSA) is 110 Å². The molecule has 2 aromatic rings. The number of amides is 2. The van der Waals surface area contributed by atoms with E-state index in [1.54, 1.807) is 23.2 Å². The maximum Gasteiger partial charge on any atom is 0.407 e. The van der Waals surface area contributed by atoms with E-state index < -0.39 is 14.2 Å². The fourth-order valence-electron chi connectivity index (χ4n) is 2.93. The Morgan fingerprint density at radius 2 is 2.10 bits per heavy atom. The Kier molecular flexibility index (Phi) is 6.33. The Hall–Kier alpha value is -2.72. The van der Waals surface area contributed by atoms with E-state index in [9.17, 15) is 9.59 Å². The summed E-state index contributed by atoms with van der Waals surface area (Å²) in [5.74, 6) is 0.143. The first-order valence-electron chi connectivity index (χ1n) is 9.58. The summed E-state index contributed by atoms with van der Waals surface area (Å²) in [6.45, 7) is 8.67. The summed E-state index contributed by atoms with van der Waals surface area (Å²) < 4.78 is 7.46. The van der Waals surface area contributed by atoms with Crippen molar-refractivity contribution in [2.75, 3.05) is 18.5 Å². The van der Waals surface area contributed by atoms with Crippen molar-refractivity contribution in [2.24, 2.45) is 0 Å². The number of hydrogen-bond donors (Lipinski definition) is 2. The number of rotatable bonds is 7. The Morgan fingerprint density at radius 1 is 1.31 bits per heavy atom. The number of carbonyl (C=O) groups is 2. The molecule has 2 amide bonds. The summed E-state index contributed by atoms with van der Waals surface area (Å²) in [5, 5.41) is 11.9. The Bertz CT molecular complexity index is 893. The zero-order valence-electron chi connectivity index (χ0n) is 17.0. The number of hydrogen-bond acceptors (Lipinski definition) is 5. The second-order valence-electron chi connectivity index (χ2n) is 8.36. The molecule has 0 atom stereocenters. The first-order valence-corrected chi connectivity index (χ1v) is 13.3. The molecule has 0 fully saturated rings. The number of nitrogens with one attached hydrogen (secondary N) is 1. The van der Waals surface area contributed by atoms with E-state index in [1.807, 2.05) is 0 Å². The first kappa shape index (κ1) is 21.0. The first-order chi connectivity index (χ1) is 13.7. The average Bonchev–Trinajstić information content (AvgIpc) is 3.10. The van der Waals surface area contributed by atoms with Crippen LogP contribution in [0.25, 0.3) is 0 Å². The van der Waals surface area contributed by atoms with E-state index in [0.717, 1.165) is 18.2 Å². The fourth-order valence-corrected chi connectivity index (χ4v) is 3.69. The van der Waals surface area contributed by atoms with Gasteiger partial charge in [0.25, 0.3) is 5.91 Å². The van der Waals surface area contributed by atoms with Crippen molar-refractivity contribution < 1.29 is 19.4 Å². The molecule has 2 aromatic heterocycles. The highest BCUT2D eigenvalue weighted by Crippen LogP contribution is 2.19. The predicted molar refractivity (Wildman–Crippen MR) is 111 cm³/mol. The van der Waals surface area contributed by atoms with E-state index in [-0.39, 0.29) is 12.5 Å².